The summed E-state index contributed by atoms with van der Waals surface area (Å²) in [7, 11) is 0. The van der Waals surface area contributed by atoms with Crippen LogP contribution in [0.2, 0.25) is 0 Å². The Morgan fingerprint density at radius 1 is 1.17 bits per heavy atom. The van der Waals surface area contributed by atoms with Crippen molar-refractivity contribution in [1.29, 1.82) is 0 Å². The first-order valence-corrected chi connectivity index (χ1v) is 9.27. The number of fused-ring (bicyclic) bond motifs is 3. The first-order chi connectivity index (χ1) is 10.6. The first-order valence-electron chi connectivity index (χ1n) is 9.27. The fourth-order valence-corrected chi connectivity index (χ4v) is 6.92. The van der Waals surface area contributed by atoms with Gasteiger partial charge in [0.25, 0.3) is 0 Å². The van der Waals surface area contributed by atoms with Crippen LogP contribution in [0.25, 0.3) is 0 Å². The minimum absolute atomic E-state index is 0.0386. The fourth-order valence-electron chi connectivity index (χ4n) is 6.92. The van der Waals surface area contributed by atoms with Crippen molar-refractivity contribution >= 4 is 0 Å². The van der Waals surface area contributed by atoms with Gasteiger partial charge in [-0.25, -0.2) is 0 Å². The zero-order chi connectivity index (χ0) is 17.1. The lowest BCUT2D eigenvalue weighted by Crippen LogP contribution is -2.66. The molecule has 3 aliphatic carbocycles. The van der Waals surface area contributed by atoms with E-state index in [4.69, 9.17) is 0 Å². The van der Waals surface area contributed by atoms with Gasteiger partial charge in [0.15, 0.2) is 0 Å². The van der Waals surface area contributed by atoms with Crippen molar-refractivity contribution in [3.05, 3.63) is 12.7 Å². The topological polar surface area (TPSA) is 60.7 Å². The van der Waals surface area contributed by atoms with Gasteiger partial charge in [0, 0.05) is 13.0 Å². The molecule has 23 heavy (non-hydrogen) atoms. The molecule has 0 aromatic rings. The Morgan fingerprint density at radius 3 is 2.48 bits per heavy atom. The van der Waals surface area contributed by atoms with Gasteiger partial charge in [-0.05, 0) is 60.2 Å². The summed E-state index contributed by atoms with van der Waals surface area (Å²) in [5.74, 6) is 0.287. The third kappa shape index (κ3) is 2.42. The molecule has 0 spiro atoms. The van der Waals surface area contributed by atoms with Crippen LogP contribution in [-0.4, -0.2) is 33.6 Å². The van der Waals surface area contributed by atoms with Crippen molar-refractivity contribution in [3.63, 3.8) is 0 Å². The zero-order valence-corrected chi connectivity index (χ0v) is 15.0. The molecule has 3 aliphatic rings. The molecule has 3 rings (SSSR count). The summed E-state index contributed by atoms with van der Waals surface area (Å²) in [6, 6.07) is 0. The van der Waals surface area contributed by atoms with Crippen LogP contribution in [0.3, 0.4) is 0 Å². The van der Waals surface area contributed by atoms with Crippen LogP contribution in [-0.2, 0) is 0 Å². The standard InChI is InChI=1S/C20H34O3/c1-5-17(2)10-7-15-19(4)9-6-8-18(3,13-21)16(19)14(22)11-20(15,23)12-17/h5,14-16,21-23H,1,6-13H2,2-4H3/t14?,15-,16?,17+,18+,19-,20+/m1/s1. The number of rotatable bonds is 2. The fraction of sp³-hybridized carbons (Fsp3) is 0.900. The molecule has 7 atom stereocenters. The highest BCUT2D eigenvalue weighted by Gasteiger charge is 2.65. The number of aliphatic hydroxyl groups is 3. The molecule has 3 nitrogen and oxygen atoms in total. The van der Waals surface area contributed by atoms with Crippen molar-refractivity contribution in [2.24, 2.45) is 28.1 Å². The second kappa shape index (κ2) is 5.31. The Morgan fingerprint density at radius 2 is 1.87 bits per heavy atom. The van der Waals surface area contributed by atoms with Crippen LogP contribution < -0.4 is 0 Å². The molecule has 3 N–H and O–H groups in total. The largest absolute Gasteiger partial charge is 0.396 e. The quantitative estimate of drug-likeness (QED) is 0.684. The second-order valence-electron chi connectivity index (χ2n) is 9.65. The highest BCUT2D eigenvalue weighted by Crippen LogP contribution is 2.66. The number of hydrogen-bond donors (Lipinski definition) is 3. The molecular weight excluding hydrogens is 288 g/mol. The molecule has 0 saturated heterocycles. The minimum atomic E-state index is -0.806. The van der Waals surface area contributed by atoms with Gasteiger partial charge in [0.2, 0.25) is 0 Å². The van der Waals surface area contributed by atoms with Gasteiger partial charge in [-0.1, -0.05) is 33.3 Å². The Labute approximate surface area is 140 Å². The highest BCUT2D eigenvalue weighted by atomic mass is 16.3. The van der Waals surface area contributed by atoms with E-state index in [1.54, 1.807) is 0 Å². The number of allylic oxidation sites excluding steroid dienone is 1. The highest BCUT2D eigenvalue weighted by molar-refractivity contribution is 5.16. The lowest BCUT2D eigenvalue weighted by molar-refractivity contribution is -0.246. The van der Waals surface area contributed by atoms with E-state index in [1.807, 2.05) is 6.08 Å². The smallest absolute Gasteiger partial charge is 0.0714 e. The molecule has 3 heteroatoms. The third-order valence-electron chi connectivity index (χ3n) is 7.88. The van der Waals surface area contributed by atoms with E-state index in [2.05, 4.69) is 27.4 Å². The van der Waals surface area contributed by atoms with Crippen LogP contribution in [0.1, 0.15) is 65.7 Å². The predicted octanol–water partition coefficient (Wildman–Crippen LogP) is 3.28. The summed E-state index contributed by atoms with van der Waals surface area (Å²) in [6.45, 7) is 10.7. The SMILES string of the molecule is C=C[C@@]1(C)CC[C@H]2[C@](O)(CC(O)C3[C@](C)(CO)CCC[C@@]32C)C1. The van der Waals surface area contributed by atoms with Crippen LogP contribution in [0.15, 0.2) is 12.7 Å². The minimum Gasteiger partial charge on any atom is -0.396 e. The number of aliphatic hydroxyl groups excluding tert-OH is 2. The van der Waals surface area contributed by atoms with Crippen molar-refractivity contribution in [2.75, 3.05) is 6.61 Å². The van der Waals surface area contributed by atoms with Gasteiger partial charge in [-0.15, -0.1) is 6.58 Å². The van der Waals surface area contributed by atoms with Crippen LogP contribution >= 0.6 is 0 Å². The molecule has 0 radical (unpaired) electrons. The lowest BCUT2D eigenvalue weighted by atomic mass is 9.41. The van der Waals surface area contributed by atoms with E-state index >= 15 is 0 Å². The Kier molecular flexibility index (Phi) is 4.02. The van der Waals surface area contributed by atoms with Crippen LogP contribution in [0.4, 0.5) is 0 Å². The maximum Gasteiger partial charge on any atom is 0.0714 e. The summed E-state index contributed by atoms with van der Waals surface area (Å²) in [6.07, 6.45) is 7.71. The molecule has 0 aromatic carbocycles. The molecule has 132 valence electrons. The predicted molar refractivity (Wildman–Crippen MR) is 91.9 cm³/mol. The van der Waals surface area contributed by atoms with Gasteiger partial charge in [-0.3, -0.25) is 0 Å². The molecule has 0 heterocycles. The van der Waals surface area contributed by atoms with E-state index in [1.165, 1.54) is 0 Å². The Hall–Kier alpha value is -0.380. The lowest BCUT2D eigenvalue weighted by Gasteiger charge is -2.66. The number of hydrogen-bond acceptors (Lipinski definition) is 3. The van der Waals surface area contributed by atoms with Gasteiger partial charge in [0.05, 0.1) is 11.7 Å². The van der Waals surface area contributed by atoms with Gasteiger partial charge < -0.3 is 15.3 Å². The second-order valence-corrected chi connectivity index (χ2v) is 9.65. The van der Waals surface area contributed by atoms with E-state index in [0.717, 1.165) is 32.1 Å². The third-order valence-corrected chi connectivity index (χ3v) is 7.88. The molecule has 3 saturated carbocycles. The molecule has 2 unspecified atom stereocenters. The Balaban J connectivity index is 2.01. The normalized spacial score (nSPS) is 56.5. The monoisotopic (exact) mass is 322 g/mol. The Bertz CT molecular complexity index is 491. The molecular formula is C20H34O3. The average molecular weight is 322 g/mol. The van der Waals surface area contributed by atoms with E-state index in [0.29, 0.717) is 12.8 Å². The van der Waals surface area contributed by atoms with Crippen molar-refractivity contribution in [1.82, 2.24) is 0 Å². The van der Waals surface area contributed by atoms with Crippen molar-refractivity contribution in [3.8, 4) is 0 Å². The maximum absolute atomic E-state index is 11.5. The summed E-state index contributed by atoms with van der Waals surface area (Å²) in [5, 5.41) is 32.5. The van der Waals surface area contributed by atoms with Gasteiger partial charge >= 0.3 is 0 Å². The molecule has 0 bridgehead atoms. The van der Waals surface area contributed by atoms with Crippen LogP contribution in [0, 0.1) is 28.1 Å². The van der Waals surface area contributed by atoms with E-state index in [9.17, 15) is 15.3 Å². The van der Waals surface area contributed by atoms with E-state index in [-0.39, 0.29) is 34.7 Å². The van der Waals surface area contributed by atoms with Gasteiger partial charge in [-0.2, -0.15) is 0 Å². The summed E-state index contributed by atoms with van der Waals surface area (Å²) < 4.78 is 0. The summed E-state index contributed by atoms with van der Waals surface area (Å²) >= 11 is 0. The molecule has 3 fully saturated rings. The average Bonchev–Trinajstić information content (AvgIpc) is 2.45. The summed E-state index contributed by atoms with van der Waals surface area (Å²) in [4.78, 5) is 0. The molecule has 0 aliphatic heterocycles. The summed E-state index contributed by atoms with van der Waals surface area (Å²) in [5.41, 5.74) is -1.17. The maximum atomic E-state index is 11.5. The van der Waals surface area contributed by atoms with Crippen molar-refractivity contribution < 1.29 is 15.3 Å². The van der Waals surface area contributed by atoms with Crippen LogP contribution in [0.5, 0.6) is 0 Å². The van der Waals surface area contributed by atoms with Gasteiger partial charge in [0.1, 0.15) is 0 Å². The van der Waals surface area contributed by atoms with E-state index < -0.39 is 11.7 Å². The molecule has 0 aromatic heterocycles. The zero-order valence-electron chi connectivity index (χ0n) is 15.0. The van der Waals surface area contributed by atoms with Crippen molar-refractivity contribution in [2.45, 2.75) is 77.4 Å². The first kappa shape index (κ1) is 17.4. The molecule has 0 amide bonds.